The monoisotopic (exact) mass is 295 g/mol. The second-order valence-electron chi connectivity index (χ2n) is 6.52. The molecule has 1 saturated carbocycles. The zero-order chi connectivity index (χ0) is 14.7. The Morgan fingerprint density at radius 3 is 2.62 bits per heavy atom. The maximum atomic E-state index is 12.2. The summed E-state index contributed by atoms with van der Waals surface area (Å²) in [5, 5.41) is 0. The molecule has 2 unspecified atom stereocenters. The molecule has 0 spiro atoms. The van der Waals surface area contributed by atoms with Gasteiger partial charge in [0.15, 0.2) is 0 Å². The van der Waals surface area contributed by atoms with Crippen molar-refractivity contribution in [1.29, 1.82) is 0 Å². The van der Waals surface area contributed by atoms with Gasteiger partial charge in [-0.3, -0.25) is 9.59 Å². The Balaban J connectivity index is 1.43. The minimum Gasteiger partial charge on any atom is -0.463 e. The predicted molar refractivity (Wildman–Crippen MR) is 76.6 cm³/mol. The molecule has 0 N–H and O–H groups in total. The lowest BCUT2D eigenvalue weighted by Crippen LogP contribution is -2.43. The number of carbonyl (C=O) groups is 2. The van der Waals surface area contributed by atoms with E-state index in [4.69, 9.17) is 9.47 Å². The third-order valence-electron chi connectivity index (χ3n) is 4.68. The number of piperidine rings is 1. The van der Waals surface area contributed by atoms with E-state index in [2.05, 4.69) is 0 Å². The van der Waals surface area contributed by atoms with Crippen LogP contribution in [0.2, 0.25) is 0 Å². The van der Waals surface area contributed by atoms with Crippen molar-refractivity contribution in [3.63, 3.8) is 0 Å². The standard InChI is InChI=1S/C16H25NO4/c18-15(12-6-7-12)17-8-3-4-13(10-17)16(19)21-11-14-5-1-2-9-20-14/h12-14H,1-11H2. The van der Waals surface area contributed by atoms with E-state index >= 15 is 0 Å². The first-order valence-corrected chi connectivity index (χ1v) is 8.31. The van der Waals surface area contributed by atoms with Gasteiger partial charge in [0.05, 0.1) is 12.0 Å². The highest BCUT2D eigenvalue weighted by Crippen LogP contribution is 2.32. The van der Waals surface area contributed by atoms with E-state index in [1.54, 1.807) is 0 Å². The molecule has 0 aromatic heterocycles. The van der Waals surface area contributed by atoms with Crippen LogP contribution < -0.4 is 0 Å². The van der Waals surface area contributed by atoms with Gasteiger partial charge in [0.25, 0.3) is 0 Å². The van der Waals surface area contributed by atoms with Crippen LogP contribution in [0.1, 0.15) is 44.9 Å². The van der Waals surface area contributed by atoms with E-state index in [0.29, 0.717) is 13.2 Å². The molecule has 2 heterocycles. The normalized spacial score (nSPS) is 30.0. The van der Waals surface area contributed by atoms with E-state index in [1.165, 1.54) is 0 Å². The fourth-order valence-electron chi connectivity index (χ4n) is 3.19. The van der Waals surface area contributed by atoms with Crippen molar-refractivity contribution in [2.45, 2.75) is 51.0 Å². The number of esters is 1. The average molecular weight is 295 g/mol. The van der Waals surface area contributed by atoms with Crippen molar-refractivity contribution in [3.05, 3.63) is 0 Å². The molecule has 0 bridgehead atoms. The van der Waals surface area contributed by atoms with Crippen molar-refractivity contribution >= 4 is 11.9 Å². The van der Waals surface area contributed by atoms with Crippen LogP contribution in [0.3, 0.4) is 0 Å². The highest BCUT2D eigenvalue weighted by atomic mass is 16.6. The van der Waals surface area contributed by atoms with Crippen LogP contribution in [0.15, 0.2) is 0 Å². The Morgan fingerprint density at radius 1 is 1.05 bits per heavy atom. The summed E-state index contributed by atoms with van der Waals surface area (Å²) in [5.74, 6) is 0.168. The van der Waals surface area contributed by atoms with Gasteiger partial charge in [-0.1, -0.05) is 0 Å². The molecule has 1 aliphatic carbocycles. The van der Waals surface area contributed by atoms with Crippen molar-refractivity contribution in [3.8, 4) is 0 Å². The first kappa shape index (κ1) is 14.8. The molecule has 3 fully saturated rings. The fourth-order valence-corrected chi connectivity index (χ4v) is 3.19. The lowest BCUT2D eigenvalue weighted by molar-refractivity contribution is -0.156. The largest absolute Gasteiger partial charge is 0.463 e. The van der Waals surface area contributed by atoms with Gasteiger partial charge >= 0.3 is 5.97 Å². The number of hydrogen-bond donors (Lipinski definition) is 0. The predicted octanol–water partition coefficient (Wildman–Crippen LogP) is 1.75. The lowest BCUT2D eigenvalue weighted by Gasteiger charge is -2.32. The van der Waals surface area contributed by atoms with Crippen molar-refractivity contribution in [2.24, 2.45) is 11.8 Å². The van der Waals surface area contributed by atoms with E-state index in [1.807, 2.05) is 4.90 Å². The van der Waals surface area contributed by atoms with Gasteiger partial charge in [0.2, 0.25) is 5.91 Å². The van der Waals surface area contributed by atoms with Crippen LogP contribution >= 0.6 is 0 Å². The molecule has 5 heteroatoms. The van der Waals surface area contributed by atoms with Crippen molar-refractivity contribution in [2.75, 3.05) is 26.3 Å². The number of nitrogens with zero attached hydrogens (tertiary/aromatic N) is 1. The molecule has 2 aliphatic heterocycles. The SMILES string of the molecule is O=C(OCC1CCCCO1)C1CCCN(C(=O)C2CC2)C1. The molecule has 3 rings (SSSR count). The summed E-state index contributed by atoms with van der Waals surface area (Å²) in [7, 11) is 0. The minimum absolute atomic E-state index is 0.0653. The van der Waals surface area contributed by atoms with Gasteiger partial charge in [-0.15, -0.1) is 0 Å². The summed E-state index contributed by atoms with van der Waals surface area (Å²) in [6.07, 6.45) is 7.06. The third-order valence-corrected chi connectivity index (χ3v) is 4.68. The minimum atomic E-state index is -0.155. The average Bonchev–Trinajstić information content (AvgIpc) is 3.38. The molecule has 21 heavy (non-hydrogen) atoms. The summed E-state index contributed by atoms with van der Waals surface area (Å²) < 4.78 is 11.0. The smallest absolute Gasteiger partial charge is 0.310 e. The summed E-state index contributed by atoms with van der Waals surface area (Å²) in [5.41, 5.74) is 0. The maximum Gasteiger partial charge on any atom is 0.310 e. The summed E-state index contributed by atoms with van der Waals surface area (Å²) in [6.45, 7) is 2.48. The first-order valence-electron chi connectivity index (χ1n) is 8.31. The topological polar surface area (TPSA) is 55.8 Å². The Kier molecular flexibility index (Phi) is 4.78. The number of amides is 1. The van der Waals surface area contributed by atoms with Crippen LogP contribution in [0, 0.1) is 11.8 Å². The zero-order valence-electron chi connectivity index (χ0n) is 12.6. The Hall–Kier alpha value is -1.10. The third kappa shape index (κ3) is 3.96. The highest BCUT2D eigenvalue weighted by molar-refractivity contribution is 5.82. The van der Waals surface area contributed by atoms with Crippen LogP contribution in [0.4, 0.5) is 0 Å². The Bertz CT molecular complexity index is 388. The highest BCUT2D eigenvalue weighted by Gasteiger charge is 2.37. The molecule has 2 saturated heterocycles. The van der Waals surface area contributed by atoms with E-state index in [-0.39, 0.29) is 29.8 Å². The molecule has 118 valence electrons. The number of likely N-dealkylation sites (tertiary alicyclic amines) is 1. The number of rotatable bonds is 4. The second-order valence-corrected chi connectivity index (χ2v) is 6.52. The zero-order valence-corrected chi connectivity index (χ0v) is 12.6. The maximum absolute atomic E-state index is 12.2. The Morgan fingerprint density at radius 2 is 1.90 bits per heavy atom. The van der Waals surface area contributed by atoms with Gasteiger partial charge < -0.3 is 14.4 Å². The summed E-state index contributed by atoms with van der Waals surface area (Å²) in [6, 6.07) is 0. The quantitative estimate of drug-likeness (QED) is 0.741. The van der Waals surface area contributed by atoms with Crippen LogP contribution in [-0.2, 0) is 19.1 Å². The van der Waals surface area contributed by atoms with E-state index in [0.717, 1.165) is 58.1 Å². The van der Waals surface area contributed by atoms with Gasteiger partial charge in [0.1, 0.15) is 6.61 Å². The molecule has 2 atom stereocenters. The molecule has 0 radical (unpaired) electrons. The molecular formula is C16H25NO4. The van der Waals surface area contributed by atoms with Gasteiger partial charge in [-0.25, -0.2) is 0 Å². The molecular weight excluding hydrogens is 270 g/mol. The van der Waals surface area contributed by atoms with Gasteiger partial charge in [0, 0.05) is 25.6 Å². The molecule has 1 amide bonds. The van der Waals surface area contributed by atoms with Crippen molar-refractivity contribution in [1.82, 2.24) is 4.90 Å². The summed E-state index contributed by atoms with van der Waals surface area (Å²) >= 11 is 0. The van der Waals surface area contributed by atoms with Crippen LogP contribution in [0.5, 0.6) is 0 Å². The molecule has 3 aliphatic rings. The lowest BCUT2D eigenvalue weighted by atomic mass is 9.98. The second kappa shape index (κ2) is 6.77. The Labute approximate surface area is 126 Å². The number of hydrogen-bond acceptors (Lipinski definition) is 4. The van der Waals surface area contributed by atoms with Crippen LogP contribution in [-0.4, -0.2) is 49.2 Å². The van der Waals surface area contributed by atoms with E-state index < -0.39 is 0 Å². The number of ether oxygens (including phenoxy) is 2. The van der Waals surface area contributed by atoms with Gasteiger partial charge in [-0.05, 0) is 44.9 Å². The van der Waals surface area contributed by atoms with Crippen molar-refractivity contribution < 1.29 is 19.1 Å². The van der Waals surface area contributed by atoms with E-state index in [9.17, 15) is 9.59 Å². The molecule has 5 nitrogen and oxygen atoms in total. The molecule has 0 aromatic carbocycles. The fraction of sp³-hybridized carbons (Fsp3) is 0.875. The molecule has 0 aromatic rings. The first-order chi connectivity index (χ1) is 10.2. The van der Waals surface area contributed by atoms with Gasteiger partial charge in [-0.2, -0.15) is 0 Å². The van der Waals surface area contributed by atoms with Crippen LogP contribution in [0.25, 0.3) is 0 Å². The number of carbonyl (C=O) groups excluding carboxylic acids is 2. The summed E-state index contributed by atoms with van der Waals surface area (Å²) in [4.78, 5) is 26.1.